The third-order valence-corrected chi connectivity index (χ3v) is 6.05. The Morgan fingerprint density at radius 3 is 2.11 bits per heavy atom. The Bertz CT molecular complexity index is 1530. The molecule has 182 valence electrons. The van der Waals surface area contributed by atoms with Gasteiger partial charge in [0, 0.05) is 28.8 Å². The normalized spacial score (nSPS) is 12.1. The highest BCUT2D eigenvalue weighted by molar-refractivity contribution is 7.92. The number of hydrogen-bond acceptors (Lipinski definition) is 7. The largest absolute Gasteiger partial charge is 0.433 e. The third kappa shape index (κ3) is 5.21. The number of fused-ring (bicyclic) bond motifs is 1. The van der Waals surface area contributed by atoms with E-state index in [1.807, 2.05) is 0 Å². The molecule has 0 bridgehead atoms. The van der Waals surface area contributed by atoms with Gasteiger partial charge < -0.3 is 5.32 Å². The molecule has 0 aliphatic rings. The number of carbonyl (C=O) groups excluding carboxylic acids is 1. The summed E-state index contributed by atoms with van der Waals surface area (Å²) in [4.78, 5) is 24.5. The Balaban J connectivity index is 1.54. The van der Waals surface area contributed by atoms with Gasteiger partial charge in [-0.25, -0.2) is 32.6 Å². The van der Waals surface area contributed by atoms with E-state index in [9.17, 15) is 26.4 Å². The first-order chi connectivity index (χ1) is 16.3. The summed E-state index contributed by atoms with van der Waals surface area (Å²) in [7, 11) is -4.00. The highest BCUT2D eigenvalue weighted by Crippen LogP contribution is 2.30. The molecule has 4 aromatic rings. The summed E-state index contributed by atoms with van der Waals surface area (Å²) in [5.41, 5.74) is 0.0133. The zero-order valence-electron chi connectivity index (χ0n) is 18.5. The highest BCUT2D eigenvalue weighted by Gasteiger charge is 2.35. The van der Waals surface area contributed by atoms with E-state index in [1.54, 1.807) is 19.9 Å². The topological polar surface area (TPSA) is 131 Å². The summed E-state index contributed by atoms with van der Waals surface area (Å²) in [6.45, 7) is 4.81. The first kappa shape index (κ1) is 24.1. The van der Waals surface area contributed by atoms with E-state index < -0.39 is 27.8 Å². The van der Waals surface area contributed by atoms with Crippen molar-refractivity contribution in [2.75, 3.05) is 10.0 Å². The molecule has 3 heterocycles. The van der Waals surface area contributed by atoms with Crippen molar-refractivity contribution >= 4 is 33.2 Å². The maximum Gasteiger partial charge on any atom is 0.433 e. The van der Waals surface area contributed by atoms with E-state index >= 15 is 0 Å². The minimum Gasteiger partial charge on any atom is -0.321 e. The van der Waals surface area contributed by atoms with Crippen LogP contribution in [0.3, 0.4) is 0 Å². The minimum atomic E-state index is -4.69. The standard InChI is InChI=1S/C21H18F3N7O3S/c1-11-8-12(2)27-20(26-11)30-35(33,34)15-6-4-14(5-7-15)28-19(32)16-10-18-25-13(3)9-17(21(22,23)24)31(18)29-16/h4-10H,1-3H3,(H,28,32)(H,26,27,30). The SMILES string of the molecule is Cc1cc(C)nc(NS(=O)(=O)c2ccc(NC(=O)c3cc4nc(C)cc(C(F)(F)F)n4n3)cc2)n1. The van der Waals surface area contributed by atoms with Gasteiger partial charge in [-0.1, -0.05) is 0 Å². The molecule has 14 heteroatoms. The molecular weight excluding hydrogens is 487 g/mol. The molecule has 0 spiro atoms. The van der Waals surface area contributed by atoms with E-state index in [0.29, 0.717) is 15.9 Å². The molecule has 10 nitrogen and oxygen atoms in total. The van der Waals surface area contributed by atoms with Crippen LogP contribution in [-0.4, -0.2) is 38.9 Å². The number of nitrogens with one attached hydrogen (secondary N) is 2. The van der Waals surface area contributed by atoms with Crippen molar-refractivity contribution in [2.24, 2.45) is 0 Å². The monoisotopic (exact) mass is 505 g/mol. The van der Waals surface area contributed by atoms with Gasteiger partial charge >= 0.3 is 6.18 Å². The number of aromatic nitrogens is 5. The number of alkyl halides is 3. The van der Waals surface area contributed by atoms with Crippen LogP contribution in [-0.2, 0) is 16.2 Å². The average molecular weight is 505 g/mol. The fourth-order valence-corrected chi connectivity index (χ4v) is 4.22. The molecule has 35 heavy (non-hydrogen) atoms. The van der Waals surface area contributed by atoms with Gasteiger partial charge in [0.2, 0.25) is 5.95 Å². The van der Waals surface area contributed by atoms with Gasteiger partial charge in [-0.05, 0) is 57.2 Å². The van der Waals surface area contributed by atoms with Gasteiger partial charge in [0.05, 0.1) is 4.90 Å². The number of rotatable bonds is 5. The van der Waals surface area contributed by atoms with Crippen LogP contribution in [0.2, 0.25) is 0 Å². The molecule has 0 unspecified atom stereocenters. The fourth-order valence-electron chi connectivity index (χ4n) is 3.28. The van der Waals surface area contributed by atoms with E-state index in [-0.39, 0.29) is 33.6 Å². The first-order valence-corrected chi connectivity index (χ1v) is 11.5. The number of anilines is 2. The van der Waals surface area contributed by atoms with Crippen molar-refractivity contribution < 1.29 is 26.4 Å². The first-order valence-electron chi connectivity index (χ1n) is 10.0. The zero-order chi connectivity index (χ0) is 25.5. The van der Waals surface area contributed by atoms with E-state index in [1.165, 1.54) is 31.2 Å². The lowest BCUT2D eigenvalue weighted by Crippen LogP contribution is -2.17. The summed E-state index contributed by atoms with van der Waals surface area (Å²) in [5.74, 6) is -0.868. The van der Waals surface area contributed by atoms with E-state index in [4.69, 9.17) is 0 Å². The third-order valence-electron chi connectivity index (χ3n) is 4.71. The molecular formula is C21H18F3N7O3S. The van der Waals surface area contributed by atoms with Crippen LogP contribution < -0.4 is 10.0 Å². The lowest BCUT2D eigenvalue weighted by molar-refractivity contribution is -0.142. The number of hydrogen-bond donors (Lipinski definition) is 2. The number of halogens is 3. The van der Waals surface area contributed by atoms with Crippen molar-refractivity contribution in [3.05, 3.63) is 70.9 Å². The van der Waals surface area contributed by atoms with Crippen LogP contribution in [0.1, 0.15) is 33.3 Å². The highest BCUT2D eigenvalue weighted by atomic mass is 32.2. The Kier molecular flexibility index (Phi) is 5.92. The smallest absolute Gasteiger partial charge is 0.321 e. The molecule has 3 aromatic heterocycles. The van der Waals surface area contributed by atoms with Crippen molar-refractivity contribution in [1.29, 1.82) is 0 Å². The molecule has 0 atom stereocenters. The summed E-state index contributed by atoms with van der Waals surface area (Å²) in [6, 6.07) is 8.80. The van der Waals surface area contributed by atoms with Crippen molar-refractivity contribution in [3.8, 4) is 0 Å². The minimum absolute atomic E-state index is 0.0752. The Labute approximate surface area is 197 Å². The van der Waals surface area contributed by atoms with Crippen molar-refractivity contribution in [3.63, 3.8) is 0 Å². The number of carbonyl (C=O) groups is 1. The molecule has 0 saturated carbocycles. The van der Waals surface area contributed by atoms with Crippen LogP contribution >= 0.6 is 0 Å². The molecule has 1 amide bonds. The molecule has 0 aliphatic carbocycles. The summed E-state index contributed by atoms with van der Waals surface area (Å²) >= 11 is 0. The van der Waals surface area contributed by atoms with Crippen LogP contribution in [0, 0.1) is 20.8 Å². The number of amides is 1. The Morgan fingerprint density at radius 1 is 0.914 bits per heavy atom. The molecule has 0 radical (unpaired) electrons. The number of sulfonamides is 1. The molecule has 2 N–H and O–H groups in total. The predicted octanol–water partition coefficient (Wildman–Crippen LogP) is 3.52. The number of aryl methyl sites for hydroxylation is 3. The lowest BCUT2D eigenvalue weighted by atomic mass is 10.3. The van der Waals surface area contributed by atoms with E-state index in [2.05, 4.69) is 30.1 Å². The van der Waals surface area contributed by atoms with Crippen molar-refractivity contribution in [1.82, 2.24) is 24.6 Å². The fraction of sp³-hybridized carbons (Fsp3) is 0.190. The second kappa shape index (κ2) is 8.61. The van der Waals surface area contributed by atoms with Crippen molar-refractivity contribution in [2.45, 2.75) is 31.8 Å². The van der Waals surface area contributed by atoms with Gasteiger partial charge in [0.1, 0.15) is 5.69 Å². The van der Waals surface area contributed by atoms with Gasteiger partial charge in [0.25, 0.3) is 15.9 Å². The van der Waals surface area contributed by atoms with Crippen LogP contribution in [0.15, 0.2) is 47.4 Å². The Morgan fingerprint density at radius 2 is 1.51 bits per heavy atom. The number of nitrogens with zero attached hydrogens (tertiary/aromatic N) is 5. The van der Waals surface area contributed by atoms with Gasteiger partial charge in [-0.15, -0.1) is 0 Å². The maximum absolute atomic E-state index is 13.3. The second-order valence-electron chi connectivity index (χ2n) is 7.64. The van der Waals surface area contributed by atoms with Gasteiger partial charge in [-0.2, -0.15) is 18.3 Å². The molecule has 0 aliphatic heterocycles. The molecule has 0 saturated heterocycles. The summed E-state index contributed by atoms with van der Waals surface area (Å²) in [6.07, 6.45) is -4.69. The second-order valence-corrected chi connectivity index (χ2v) is 9.32. The zero-order valence-corrected chi connectivity index (χ0v) is 19.4. The molecule has 0 fully saturated rings. The van der Waals surface area contributed by atoms with Gasteiger partial charge in [-0.3, -0.25) is 4.79 Å². The quantitative estimate of drug-likeness (QED) is 0.424. The maximum atomic E-state index is 13.3. The molecule has 1 aromatic carbocycles. The summed E-state index contributed by atoms with van der Waals surface area (Å²) in [5, 5.41) is 6.21. The average Bonchev–Trinajstić information content (AvgIpc) is 3.15. The lowest BCUT2D eigenvalue weighted by Gasteiger charge is -2.09. The van der Waals surface area contributed by atoms with E-state index in [0.717, 1.165) is 12.1 Å². The Hall–Kier alpha value is -4.07. The van der Waals surface area contributed by atoms with Gasteiger partial charge in [0.15, 0.2) is 11.3 Å². The van der Waals surface area contributed by atoms with Crippen LogP contribution in [0.4, 0.5) is 24.8 Å². The van der Waals surface area contributed by atoms with Crippen LogP contribution in [0.5, 0.6) is 0 Å². The molecule has 4 rings (SSSR count). The predicted molar refractivity (Wildman–Crippen MR) is 119 cm³/mol. The summed E-state index contributed by atoms with van der Waals surface area (Å²) < 4.78 is 68.0. The van der Waals surface area contributed by atoms with Crippen LogP contribution in [0.25, 0.3) is 5.65 Å². The number of benzene rings is 1.